The van der Waals surface area contributed by atoms with E-state index in [0.717, 1.165) is 23.3 Å². The Morgan fingerprint density at radius 3 is 2.48 bits per heavy atom. The fourth-order valence-corrected chi connectivity index (χ4v) is 5.88. The number of ether oxygens (including phenoxy) is 2. The fraction of sp³-hybridized carbons (Fsp3) is 0.308. The first-order valence-electron chi connectivity index (χ1n) is 10.9. The van der Waals surface area contributed by atoms with Crippen LogP contribution in [0.5, 0.6) is 11.5 Å². The van der Waals surface area contributed by atoms with Gasteiger partial charge in [-0.15, -0.1) is 0 Å². The second-order valence-electron chi connectivity index (χ2n) is 8.34. The Bertz CT molecular complexity index is 1270. The van der Waals surface area contributed by atoms with Crippen LogP contribution in [0, 0.1) is 6.92 Å². The Kier molecular flexibility index (Phi) is 7.03. The first kappa shape index (κ1) is 23.3. The first-order chi connectivity index (χ1) is 15.9. The molecule has 1 N–H and O–H groups in total. The third-order valence-electron chi connectivity index (χ3n) is 5.53. The van der Waals surface area contributed by atoms with Crippen molar-refractivity contribution in [2.45, 2.75) is 26.4 Å². The zero-order valence-corrected chi connectivity index (χ0v) is 21.7. The molecule has 1 atom stereocenters. The monoisotopic (exact) mass is 510 g/mol. The number of fused-ring (bicyclic) bond motifs is 1. The Morgan fingerprint density at radius 1 is 1.03 bits per heavy atom. The maximum atomic E-state index is 5.51. The van der Waals surface area contributed by atoms with Crippen LogP contribution in [0.1, 0.15) is 28.8 Å². The standard InChI is InChI=1S/C26H30N4O2Se/c1-16(25-11-19(15-33-25)20-10-8-7-9-18(20)14-30(3)4)27-26-21-12-23(31-5)24(32-6)13-22(21)28-17(2)29-26/h7-13,15-16H,14H2,1-6H3,(H,27,28,29)/t16-/m1/s1. The summed E-state index contributed by atoms with van der Waals surface area (Å²) < 4.78 is 12.3. The molecule has 0 aliphatic rings. The number of rotatable bonds is 8. The number of benzene rings is 2. The van der Waals surface area contributed by atoms with E-state index in [1.54, 1.807) is 14.2 Å². The van der Waals surface area contributed by atoms with Gasteiger partial charge in [0.2, 0.25) is 0 Å². The number of methoxy groups -OCH3 is 2. The van der Waals surface area contributed by atoms with Gasteiger partial charge in [0.15, 0.2) is 0 Å². The van der Waals surface area contributed by atoms with Crippen molar-refractivity contribution < 1.29 is 9.47 Å². The molecule has 172 valence electrons. The SMILES string of the molecule is COc1cc2nc(C)nc(N[C@H](C)c3cc(-c4ccccc4CN(C)C)c[se]3)c2cc1OC. The van der Waals surface area contributed by atoms with Crippen molar-refractivity contribution in [3.8, 4) is 22.6 Å². The minimum atomic E-state index is 0.144. The normalized spacial score (nSPS) is 12.2. The molecule has 6 nitrogen and oxygen atoms in total. The molecule has 2 heterocycles. The van der Waals surface area contributed by atoms with Crippen molar-refractivity contribution >= 4 is 31.2 Å². The molecule has 0 amide bonds. The van der Waals surface area contributed by atoms with E-state index < -0.39 is 0 Å². The second kappa shape index (κ2) is 9.96. The van der Waals surface area contributed by atoms with Gasteiger partial charge in [-0.3, -0.25) is 0 Å². The van der Waals surface area contributed by atoms with Gasteiger partial charge in [-0.1, -0.05) is 0 Å². The van der Waals surface area contributed by atoms with Crippen LogP contribution in [0.3, 0.4) is 0 Å². The number of nitrogens with zero attached hydrogens (tertiary/aromatic N) is 3. The van der Waals surface area contributed by atoms with Crippen LogP contribution >= 0.6 is 0 Å². The van der Waals surface area contributed by atoms with Gasteiger partial charge in [0.25, 0.3) is 0 Å². The molecule has 0 unspecified atom stereocenters. The molecule has 0 radical (unpaired) electrons. The fourth-order valence-electron chi connectivity index (χ4n) is 3.96. The summed E-state index contributed by atoms with van der Waals surface area (Å²) in [6, 6.07) is 15.0. The molecule has 0 spiro atoms. The number of hydrogen-bond acceptors (Lipinski definition) is 6. The van der Waals surface area contributed by atoms with E-state index in [9.17, 15) is 0 Å². The molecule has 0 aliphatic carbocycles. The molecular weight excluding hydrogens is 479 g/mol. The Balaban J connectivity index is 1.65. The van der Waals surface area contributed by atoms with Gasteiger partial charge in [-0.25, -0.2) is 0 Å². The van der Waals surface area contributed by atoms with E-state index in [4.69, 9.17) is 14.5 Å². The van der Waals surface area contributed by atoms with Gasteiger partial charge in [0.05, 0.1) is 0 Å². The second-order valence-corrected chi connectivity index (χ2v) is 10.3. The van der Waals surface area contributed by atoms with E-state index in [-0.39, 0.29) is 20.5 Å². The first-order valence-corrected chi connectivity index (χ1v) is 12.7. The van der Waals surface area contributed by atoms with Crippen LogP contribution in [-0.2, 0) is 6.54 Å². The molecule has 33 heavy (non-hydrogen) atoms. The van der Waals surface area contributed by atoms with Gasteiger partial charge >= 0.3 is 201 Å². The van der Waals surface area contributed by atoms with Crippen LogP contribution in [0.2, 0.25) is 0 Å². The molecule has 2 aromatic carbocycles. The molecule has 4 rings (SSSR count). The average Bonchev–Trinajstić information content (AvgIpc) is 3.28. The van der Waals surface area contributed by atoms with Crippen molar-refractivity contribution in [3.63, 3.8) is 0 Å². The topological polar surface area (TPSA) is 59.5 Å². The quantitative estimate of drug-likeness (QED) is 0.341. The van der Waals surface area contributed by atoms with Crippen LogP contribution < -0.4 is 14.8 Å². The zero-order valence-electron chi connectivity index (χ0n) is 20.0. The van der Waals surface area contributed by atoms with Crippen LogP contribution in [0.25, 0.3) is 22.0 Å². The van der Waals surface area contributed by atoms with Crippen molar-refractivity contribution in [3.05, 3.63) is 63.2 Å². The molecule has 0 saturated heterocycles. The molecule has 0 aliphatic heterocycles. The number of aryl methyl sites for hydroxylation is 1. The van der Waals surface area contributed by atoms with E-state index in [1.807, 2.05) is 19.1 Å². The Labute approximate surface area is 201 Å². The molecule has 0 fully saturated rings. The van der Waals surface area contributed by atoms with Gasteiger partial charge < -0.3 is 0 Å². The number of hydrogen-bond donors (Lipinski definition) is 1. The van der Waals surface area contributed by atoms with E-state index in [1.165, 1.54) is 21.1 Å². The summed E-state index contributed by atoms with van der Waals surface area (Å²) in [6.45, 7) is 5.03. The Morgan fingerprint density at radius 2 is 1.76 bits per heavy atom. The van der Waals surface area contributed by atoms with Crippen molar-refractivity contribution in [1.82, 2.24) is 14.9 Å². The number of nitrogens with one attached hydrogen (secondary N) is 1. The summed E-state index contributed by atoms with van der Waals surface area (Å²) in [6.07, 6.45) is 0. The van der Waals surface area contributed by atoms with Crippen molar-refractivity contribution in [1.29, 1.82) is 0 Å². The van der Waals surface area contributed by atoms with E-state index in [2.05, 4.69) is 71.5 Å². The molecule has 7 heteroatoms. The average molecular weight is 510 g/mol. The van der Waals surface area contributed by atoms with Gasteiger partial charge in [-0.05, 0) is 0 Å². The van der Waals surface area contributed by atoms with E-state index in [0.29, 0.717) is 17.3 Å². The Hall–Kier alpha value is -2.86. The zero-order chi connectivity index (χ0) is 23.5. The summed E-state index contributed by atoms with van der Waals surface area (Å²) in [5, 5.41) is 4.55. The van der Waals surface area contributed by atoms with E-state index >= 15 is 0 Å². The summed E-state index contributed by atoms with van der Waals surface area (Å²) in [4.78, 5) is 13.9. The number of anilines is 1. The summed E-state index contributed by atoms with van der Waals surface area (Å²) in [7, 11) is 7.49. The summed E-state index contributed by atoms with van der Waals surface area (Å²) in [5.41, 5.74) is 4.81. The van der Waals surface area contributed by atoms with Crippen molar-refractivity contribution in [2.75, 3.05) is 33.6 Å². The van der Waals surface area contributed by atoms with Gasteiger partial charge in [-0.2, -0.15) is 0 Å². The molecular formula is C26H30N4O2Se. The van der Waals surface area contributed by atoms with Gasteiger partial charge in [0, 0.05) is 0 Å². The third-order valence-corrected chi connectivity index (χ3v) is 7.87. The molecule has 4 aromatic rings. The maximum absolute atomic E-state index is 5.51. The molecule has 2 aromatic heterocycles. The van der Waals surface area contributed by atoms with Crippen LogP contribution in [0.4, 0.5) is 5.82 Å². The summed E-state index contributed by atoms with van der Waals surface area (Å²) >= 11 is 0.283. The van der Waals surface area contributed by atoms with Crippen LogP contribution in [0.15, 0.2) is 47.4 Å². The van der Waals surface area contributed by atoms with Crippen LogP contribution in [-0.4, -0.2) is 57.7 Å². The predicted octanol–water partition coefficient (Wildman–Crippen LogP) is 4.91. The predicted molar refractivity (Wildman–Crippen MR) is 136 cm³/mol. The van der Waals surface area contributed by atoms with Crippen molar-refractivity contribution in [2.24, 2.45) is 0 Å². The molecule has 0 saturated carbocycles. The minimum absolute atomic E-state index is 0.144. The summed E-state index contributed by atoms with van der Waals surface area (Å²) in [5.74, 6) is 2.85. The number of aromatic nitrogens is 2. The van der Waals surface area contributed by atoms with Gasteiger partial charge in [0.1, 0.15) is 0 Å². The third kappa shape index (κ3) is 5.06. The molecule has 0 bridgehead atoms.